The number of aryl methyl sites for hydroxylation is 1. The minimum atomic E-state index is -0.228. The maximum Gasteiger partial charge on any atom is 0.263 e. The van der Waals surface area contributed by atoms with Crippen LogP contribution in [0.5, 0.6) is 17.2 Å². The lowest BCUT2D eigenvalue weighted by Crippen LogP contribution is -2.26. The first kappa shape index (κ1) is 34.6. The Morgan fingerprint density at radius 3 is 2.12 bits per heavy atom. The number of amides is 4. The number of nitrogens with zero attached hydrogens (tertiary/aromatic N) is 5. The van der Waals surface area contributed by atoms with Gasteiger partial charge >= 0.3 is 0 Å². The first-order valence-corrected chi connectivity index (χ1v) is 16.3. The molecule has 260 valence electrons. The fraction of sp³-hybridized carbons (Fsp3) is 0.171. The van der Waals surface area contributed by atoms with Gasteiger partial charge in [-0.1, -0.05) is 18.2 Å². The van der Waals surface area contributed by atoms with Crippen LogP contribution < -0.4 is 30.2 Å². The van der Waals surface area contributed by atoms with Gasteiger partial charge in [-0.15, -0.1) is 0 Å². The molecule has 0 saturated heterocycles. The quantitative estimate of drug-likeness (QED) is 0.226. The van der Waals surface area contributed by atoms with Crippen molar-refractivity contribution in [1.29, 1.82) is 0 Å². The summed E-state index contributed by atoms with van der Waals surface area (Å²) in [4.78, 5) is 59.1. The molecule has 0 fully saturated rings. The number of hydrogen-bond donors (Lipinski definition) is 3. The second kappa shape index (κ2) is 15.5. The molecule has 3 aliphatic heterocycles. The van der Waals surface area contributed by atoms with Crippen LogP contribution in [0.4, 0.5) is 17.5 Å². The lowest BCUT2D eigenvalue weighted by atomic mass is 10.2. The highest BCUT2D eigenvalue weighted by atomic mass is 79.9. The monoisotopic (exact) mass is 754 g/mol. The predicted molar refractivity (Wildman–Crippen MR) is 191 cm³/mol. The summed E-state index contributed by atoms with van der Waals surface area (Å²) in [6.45, 7) is 0.615. The molecule has 3 aliphatic rings. The van der Waals surface area contributed by atoms with Crippen LogP contribution in [0, 0.1) is 0 Å². The normalized spacial score (nSPS) is 13.9. The molecule has 7 heterocycles. The number of fused-ring (bicyclic) bond motifs is 4. The summed E-state index contributed by atoms with van der Waals surface area (Å²) in [7, 11) is 3.78. The van der Waals surface area contributed by atoms with Crippen molar-refractivity contribution in [1.82, 2.24) is 24.4 Å². The minimum absolute atomic E-state index is 0.0332. The molecule has 0 unspecified atom stereocenters. The average molecular weight is 756 g/mol. The van der Waals surface area contributed by atoms with Gasteiger partial charge in [-0.3, -0.25) is 19.2 Å². The van der Waals surface area contributed by atoms with E-state index in [0.29, 0.717) is 41.2 Å². The number of para-hydroxylation sites is 1. The zero-order chi connectivity index (χ0) is 35.9. The van der Waals surface area contributed by atoms with Crippen molar-refractivity contribution in [3.63, 3.8) is 0 Å². The molecule has 4 aromatic heterocycles. The first-order valence-electron chi connectivity index (χ1n) is 15.5. The third-order valence-electron chi connectivity index (χ3n) is 7.56. The average Bonchev–Trinajstić information content (AvgIpc) is 3.45. The number of ether oxygens (including phenoxy) is 3. The van der Waals surface area contributed by atoms with Gasteiger partial charge < -0.3 is 39.6 Å². The Morgan fingerprint density at radius 2 is 1.43 bits per heavy atom. The predicted octanol–water partition coefficient (Wildman–Crippen LogP) is 4.16. The van der Waals surface area contributed by atoms with E-state index in [1.807, 2.05) is 19.2 Å². The van der Waals surface area contributed by atoms with Crippen LogP contribution in [-0.4, -0.2) is 74.9 Å². The highest BCUT2D eigenvalue weighted by molar-refractivity contribution is 9.10. The van der Waals surface area contributed by atoms with Crippen LogP contribution in [0.1, 0.15) is 11.3 Å². The van der Waals surface area contributed by atoms with E-state index < -0.39 is 0 Å². The smallest absolute Gasteiger partial charge is 0.263 e. The second-order valence-electron chi connectivity index (χ2n) is 11.3. The number of carbonyl (C=O) groups excluding carboxylic acids is 4. The van der Waals surface area contributed by atoms with Crippen molar-refractivity contribution in [2.24, 2.45) is 7.05 Å². The summed E-state index contributed by atoms with van der Waals surface area (Å²) in [5.74, 6) is 2.44. The van der Waals surface area contributed by atoms with Crippen LogP contribution >= 0.6 is 15.9 Å². The maximum atomic E-state index is 12.5. The van der Waals surface area contributed by atoms with Crippen LogP contribution in [0.15, 0.2) is 83.7 Å². The van der Waals surface area contributed by atoms with E-state index in [-0.39, 0.29) is 43.4 Å². The van der Waals surface area contributed by atoms with Gasteiger partial charge in [0, 0.05) is 54.4 Å². The fourth-order valence-electron chi connectivity index (χ4n) is 5.03. The van der Waals surface area contributed by atoms with E-state index in [9.17, 15) is 19.2 Å². The van der Waals surface area contributed by atoms with Crippen LogP contribution in [0.25, 0.3) is 17.0 Å². The van der Waals surface area contributed by atoms with Gasteiger partial charge in [0.05, 0.1) is 6.54 Å². The lowest BCUT2D eigenvalue weighted by Gasteiger charge is -2.17. The summed E-state index contributed by atoms with van der Waals surface area (Å²) in [6, 6.07) is 17.3. The molecule has 8 rings (SSSR count). The van der Waals surface area contributed by atoms with Crippen molar-refractivity contribution in [3.8, 4) is 17.2 Å². The first-order chi connectivity index (χ1) is 24.6. The summed E-state index contributed by atoms with van der Waals surface area (Å²) in [5, 5.41) is 8.97. The van der Waals surface area contributed by atoms with Gasteiger partial charge in [-0.05, 0) is 69.4 Å². The second-order valence-corrected chi connectivity index (χ2v) is 12.2. The number of rotatable bonds is 4. The van der Waals surface area contributed by atoms with Gasteiger partial charge in [-0.25, -0.2) is 15.0 Å². The topological polar surface area (TPSA) is 179 Å². The summed E-state index contributed by atoms with van der Waals surface area (Å²) >= 11 is 3.25. The van der Waals surface area contributed by atoms with Gasteiger partial charge in [-0.2, -0.15) is 0 Å². The number of halogens is 1. The number of carbonyl (C=O) groups is 4. The van der Waals surface area contributed by atoms with Crippen LogP contribution in [-0.2, 0) is 32.8 Å². The maximum absolute atomic E-state index is 12.5. The molecule has 5 aromatic rings. The fourth-order valence-corrected chi connectivity index (χ4v) is 5.34. The molecule has 0 radical (unpaired) electrons. The van der Waals surface area contributed by atoms with E-state index in [0.717, 1.165) is 26.6 Å². The minimum Gasteiger partial charge on any atom is -0.480 e. The summed E-state index contributed by atoms with van der Waals surface area (Å²) < 4.78 is 18.4. The number of benzene rings is 1. The number of nitrogens with one attached hydrogen (secondary N) is 3. The largest absolute Gasteiger partial charge is 0.480 e. The van der Waals surface area contributed by atoms with Crippen molar-refractivity contribution < 1.29 is 33.4 Å². The molecule has 15 nitrogen and oxygen atoms in total. The molecule has 0 bridgehead atoms. The number of likely N-dealkylation sites (N-methyl/N-ethyl adjacent to an activating group) is 1. The van der Waals surface area contributed by atoms with Gasteiger partial charge in [0.25, 0.3) is 17.7 Å². The van der Waals surface area contributed by atoms with Crippen LogP contribution in [0.3, 0.4) is 0 Å². The zero-order valence-corrected chi connectivity index (χ0v) is 29.0. The van der Waals surface area contributed by atoms with E-state index in [1.54, 1.807) is 60.9 Å². The molecule has 0 atom stereocenters. The van der Waals surface area contributed by atoms with E-state index in [2.05, 4.69) is 69.6 Å². The molecular weight excluding hydrogens is 724 g/mol. The van der Waals surface area contributed by atoms with Crippen molar-refractivity contribution >= 4 is 74.0 Å². The van der Waals surface area contributed by atoms with Crippen LogP contribution in [0.2, 0.25) is 0 Å². The molecule has 4 amide bonds. The Morgan fingerprint density at radius 1 is 0.824 bits per heavy atom. The molecule has 0 aliphatic carbocycles. The number of hydrogen-bond acceptors (Lipinski definition) is 10. The standard InChI is InChI=1S/C21H20N4O3.C7H5BrN2O2.C7H6N2O2/c1-24(12-16-10-15-5-3-4-6-17(15)25(16)2)20(27)8-7-14-9-18-21(22-11-14)23-19(26)13-28-18;8-4-1-5-7(9-2-4)10-6(11)3-12-5;10-6-4-11-5-2-1-3-8-7(5)9-6/h3-11H,12-13H2,1-2H3,(H,22,23,26);1-2H,3H2,(H,9,10,11);1-3H,4H2,(H,8,9,10)/b8-7+;;. The lowest BCUT2D eigenvalue weighted by molar-refractivity contribution is -0.125. The zero-order valence-electron chi connectivity index (χ0n) is 27.4. The molecular formula is C35H31BrN8O7. The highest BCUT2D eigenvalue weighted by Gasteiger charge is 2.18. The van der Waals surface area contributed by atoms with Gasteiger partial charge in [0.1, 0.15) is 0 Å². The Hall–Kier alpha value is -6.29. The van der Waals surface area contributed by atoms with E-state index in [4.69, 9.17) is 14.2 Å². The molecule has 16 heteroatoms. The van der Waals surface area contributed by atoms with Crippen molar-refractivity contribution in [2.45, 2.75) is 6.54 Å². The summed E-state index contributed by atoms with van der Waals surface area (Å²) in [5.41, 5.74) is 2.92. The molecule has 51 heavy (non-hydrogen) atoms. The third-order valence-corrected chi connectivity index (χ3v) is 7.99. The Labute approximate surface area is 299 Å². The Kier molecular flexibility index (Phi) is 10.5. The Balaban J connectivity index is 0.000000158. The summed E-state index contributed by atoms with van der Waals surface area (Å²) in [6.07, 6.45) is 7.99. The molecule has 1 aromatic carbocycles. The van der Waals surface area contributed by atoms with Crippen molar-refractivity contribution in [3.05, 3.63) is 95.0 Å². The van der Waals surface area contributed by atoms with E-state index >= 15 is 0 Å². The van der Waals surface area contributed by atoms with E-state index in [1.165, 1.54) is 6.08 Å². The Bertz CT molecular complexity index is 2170. The SMILES string of the molecule is CN(Cc1cc2ccccc2n1C)C(=O)/C=C/c1cnc2c(c1)OCC(=O)N2.O=C1COc2cc(Br)cnc2N1.O=C1COc2cccnc2N1. The number of pyridine rings is 3. The van der Waals surface area contributed by atoms with Crippen molar-refractivity contribution in [2.75, 3.05) is 42.8 Å². The third kappa shape index (κ3) is 8.66. The van der Waals surface area contributed by atoms with Gasteiger partial charge in [0.2, 0.25) is 5.91 Å². The molecule has 0 spiro atoms. The molecule has 3 N–H and O–H groups in total. The number of aromatic nitrogens is 4. The highest BCUT2D eigenvalue weighted by Crippen LogP contribution is 2.28. The number of anilines is 3. The molecule has 0 saturated carbocycles. The van der Waals surface area contributed by atoms with Gasteiger partial charge in [0.15, 0.2) is 54.5 Å².